The average Bonchev–Trinajstić information content (AvgIpc) is 2.79. The normalized spacial score (nSPS) is 11.0. The van der Waals surface area contributed by atoms with Crippen molar-refractivity contribution in [3.8, 4) is 39.3 Å². The maximum Gasteiger partial charge on any atom is 0.116 e. The second-order valence-electron chi connectivity index (χ2n) is 7.15. The topological polar surface area (TPSA) is 33.1 Å². The van der Waals surface area contributed by atoms with E-state index in [0.29, 0.717) is 5.02 Å². The highest BCUT2D eigenvalue weighted by Gasteiger charge is 2.17. The molecule has 0 fully saturated rings. The highest BCUT2D eigenvalue weighted by atomic mass is 35.5. The summed E-state index contributed by atoms with van der Waals surface area (Å²) in [5, 5.41) is 12.2. The zero-order valence-corrected chi connectivity index (χ0v) is 16.8. The summed E-state index contributed by atoms with van der Waals surface area (Å²) in [5.41, 5.74) is 6.56. The first-order chi connectivity index (χ1) is 14.7. The van der Waals surface area contributed by atoms with Gasteiger partial charge in [0.05, 0.1) is 11.2 Å². The molecule has 1 N–H and O–H groups in total. The molecule has 0 aliphatic carbocycles. The molecule has 2 nitrogen and oxygen atoms in total. The van der Waals surface area contributed by atoms with Crippen molar-refractivity contribution >= 4 is 22.5 Å². The summed E-state index contributed by atoms with van der Waals surface area (Å²) in [6.07, 6.45) is 0. The Balaban J connectivity index is 1.85. The van der Waals surface area contributed by atoms with Gasteiger partial charge in [-0.1, -0.05) is 78.3 Å². The van der Waals surface area contributed by atoms with E-state index in [1.54, 1.807) is 12.1 Å². The Morgan fingerprint density at radius 1 is 0.633 bits per heavy atom. The molecular formula is C27H18ClNO. The van der Waals surface area contributed by atoms with E-state index >= 15 is 0 Å². The van der Waals surface area contributed by atoms with E-state index in [4.69, 9.17) is 16.6 Å². The van der Waals surface area contributed by atoms with Crippen molar-refractivity contribution in [2.24, 2.45) is 0 Å². The third-order valence-corrected chi connectivity index (χ3v) is 5.56. The van der Waals surface area contributed by atoms with Gasteiger partial charge in [0.2, 0.25) is 0 Å². The molecule has 0 aliphatic heterocycles. The number of benzene rings is 4. The summed E-state index contributed by atoms with van der Waals surface area (Å²) in [6.45, 7) is 0. The maximum absolute atomic E-state index is 10.6. The Labute approximate surface area is 180 Å². The number of hydrogen-bond acceptors (Lipinski definition) is 2. The number of aromatic nitrogens is 1. The van der Waals surface area contributed by atoms with Gasteiger partial charge in [0, 0.05) is 16.0 Å². The van der Waals surface area contributed by atoms with Crippen molar-refractivity contribution in [3.05, 3.63) is 108 Å². The summed E-state index contributed by atoms with van der Waals surface area (Å²) in [6, 6.07) is 33.5. The lowest BCUT2D eigenvalue weighted by Gasteiger charge is -2.17. The molecule has 0 saturated carbocycles. The molecule has 3 heteroatoms. The summed E-state index contributed by atoms with van der Waals surface area (Å²) >= 11 is 6.36. The molecule has 5 aromatic rings. The van der Waals surface area contributed by atoms with Crippen LogP contribution in [0.2, 0.25) is 5.02 Å². The molecule has 0 atom stereocenters. The zero-order valence-electron chi connectivity index (χ0n) is 16.1. The quantitative estimate of drug-likeness (QED) is 0.334. The highest BCUT2D eigenvalue weighted by molar-refractivity contribution is 6.35. The Morgan fingerprint density at radius 2 is 1.23 bits per heavy atom. The van der Waals surface area contributed by atoms with Crippen LogP contribution in [0.25, 0.3) is 44.4 Å². The fraction of sp³-hybridized carbons (Fsp3) is 0. The van der Waals surface area contributed by atoms with Crippen molar-refractivity contribution < 1.29 is 5.11 Å². The van der Waals surface area contributed by atoms with E-state index in [9.17, 15) is 5.11 Å². The molecule has 1 heterocycles. The van der Waals surface area contributed by atoms with Gasteiger partial charge in [-0.2, -0.15) is 0 Å². The van der Waals surface area contributed by atoms with Gasteiger partial charge >= 0.3 is 0 Å². The summed E-state index contributed by atoms with van der Waals surface area (Å²) in [7, 11) is 0. The third kappa shape index (κ3) is 3.32. The standard InChI is InChI=1S/C27H18ClNO/c28-24-12-7-13-25-21(24)14-15-26(29-25)27-22(18-8-3-1-4-9-18)16-20(30)17-23(27)19-10-5-2-6-11-19/h1-17,30H. The van der Waals surface area contributed by atoms with Gasteiger partial charge in [-0.15, -0.1) is 0 Å². The number of nitrogens with zero attached hydrogens (tertiary/aromatic N) is 1. The number of phenols is 1. The van der Waals surface area contributed by atoms with Crippen LogP contribution < -0.4 is 0 Å². The number of pyridine rings is 1. The van der Waals surface area contributed by atoms with E-state index < -0.39 is 0 Å². The van der Waals surface area contributed by atoms with Crippen molar-refractivity contribution in [1.29, 1.82) is 0 Å². The molecule has 0 spiro atoms. The fourth-order valence-electron chi connectivity index (χ4n) is 3.85. The third-order valence-electron chi connectivity index (χ3n) is 5.23. The van der Waals surface area contributed by atoms with E-state index in [1.807, 2.05) is 91.0 Å². The van der Waals surface area contributed by atoms with Crippen LogP contribution >= 0.6 is 11.6 Å². The molecule has 0 unspecified atom stereocenters. The van der Waals surface area contributed by atoms with Crippen LogP contribution in [0.1, 0.15) is 0 Å². The minimum atomic E-state index is 0.222. The van der Waals surface area contributed by atoms with Gasteiger partial charge < -0.3 is 5.11 Å². The molecular weight excluding hydrogens is 390 g/mol. The van der Waals surface area contributed by atoms with Crippen LogP contribution in [0.4, 0.5) is 0 Å². The number of aromatic hydroxyl groups is 1. The Kier molecular flexibility index (Phi) is 4.70. The van der Waals surface area contributed by atoms with Crippen LogP contribution in [-0.2, 0) is 0 Å². The minimum Gasteiger partial charge on any atom is -0.508 e. The molecule has 1 aromatic heterocycles. The Morgan fingerprint density at radius 3 is 1.83 bits per heavy atom. The van der Waals surface area contributed by atoms with E-state index in [1.165, 1.54) is 0 Å². The lowest BCUT2D eigenvalue weighted by atomic mass is 9.89. The second-order valence-corrected chi connectivity index (χ2v) is 7.56. The number of fused-ring (bicyclic) bond motifs is 1. The monoisotopic (exact) mass is 407 g/mol. The lowest BCUT2D eigenvalue weighted by Crippen LogP contribution is -1.94. The van der Waals surface area contributed by atoms with Crippen LogP contribution in [0, 0.1) is 0 Å². The number of rotatable bonds is 3. The molecule has 0 amide bonds. The van der Waals surface area contributed by atoms with Gasteiger partial charge in [0.1, 0.15) is 5.75 Å². The van der Waals surface area contributed by atoms with Gasteiger partial charge in [-0.05, 0) is 58.7 Å². The van der Waals surface area contributed by atoms with E-state index in [-0.39, 0.29) is 5.75 Å². The average molecular weight is 408 g/mol. The Hall–Kier alpha value is -3.62. The van der Waals surface area contributed by atoms with Gasteiger partial charge in [0.15, 0.2) is 0 Å². The second kappa shape index (κ2) is 7.66. The first-order valence-corrected chi connectivity index (χ1v) is 10.1. The van der Waals surface area contributed by atoms with Crippen molar-refractivity contribution in [2.45, 2.75) is 0 Å². The lowest BCUT2D eigenvalue weighted by molar-refractivity contribution is 0.476. The van der Waals surface area contributed by atoms with Crippen LogP contribution in [0.5, 0.6) is 5.75 Å². The smallest absolute Gasteiger partial charge is 0.116 e. The number of hydrogen-bond donors (Lipinski definition) is 1. The van der Waals surface area contributed by atoms with Gasteiger partial charge in [-0.3, -0.25) is 0 Å². The fourth-order valence-corrected chi connectivity index (χ4v) is 4.08. The van der Waals surface area contributed by atoms with Gasteiger partial charge in [0.25, 0.3) is 0 Å². The van der Waals surface area contributed by atoms with Crippen LogP contribution in [0.15, 0.2) is 103 Å². The minimum absolute atomic E-state index is 0.222. The first-order valence-electron chi connectivity index (χ1n) is 9.74. The van der Waals surface area contributed by atoms with Crippen LogP contribution in [0.3, 0.4) is 0 Å². The predicted molar refractivity (Wildman–Crippen MR) is 125 cm³/mol. The molecule has 5 rings (SSSR count). The molecule has 4 aromatic carbocycles. The molecule has 0 saturated heterocycles. The number of halogens is 1. The summed E-state index contributed by atoms with van der Waals surface area (Å²) in [5.74, 6) is 0.222. The SMILES string of the molecule is Oc1cc(-c2ccccc2)c(-c2ccc3c(Cl)cccc3n2)c(-c2ccccc2)c1. The number of phenolic OH excluding ortho intramolecular Hbond substituents is 1. The largest absolute Gasteiger partial charge is 0.508 e. The zero-order chi connectivity index (χ0) is 20.5. The molecule has 0 bridgehead atoms. The molecule has 144 valence electrons. The Bertz CT molecular complexity index is 1290. The van der Waals surface area contributed by atoms with Crippen molar-refractivity contribution in [3.63, 3.8) is 0 Å². The maximum atomic E-state index is 10.6. The van der Waals surface area contributed by atoms with E-state index in [2.05, 4.69) is 0 Å². The van der Waals surface area contributed by atoms with Crippen molar-refractivity contribution in [2.75, 3.05) is 0 Å². The predicted octanol–water partition coefficient (Wildman–Crippen LogP) is 7.59. The summed E-state index contributed by atoms with van der Waals surface area (Å²) in [4.78, 5) is 4.94. The molecule has 0 aliphatic rings. The first kappa shape index (κ1) is 18.4. The highest BCUT2D eigenvalue weighted by Crippen LogP contribution is 2.42. The van der Waals surface area contributed by atoms with Gasteiger partial charge in [-0.25, -0.2) is 4.98 Å². The summed E-state index contributed by atoms with van der Waals surface area (Å²) < 4.78 is 0. The molecule has 0 radical (unpaired) electrons. The van der Waals surface area contributed by atoms with Crippen LogP contribution in [-0.4, -0.2) is 10.1 Å². The molecule has 30 heavy (non-hydrogen) atoms. The van der Waals surface area contributed by atoms with Crippen molar-refractivity contribution in [1.82, 2.24) is 4.98 Å². The van der Waals surface area contributed by atoms with E-state index in [0.717, 1.165) is 44.4 Å².